The average molecular weight is 245 g/mol. The summed E-state index contributed by atoms with van der Waals surface area (Å²) >= 11 is 0. The van der Waals surface area contributed by atoms with Gasteiger partial charge in [0.15, 0.2) is 5.54 Å². The molecule has 4 nitrogen and oxygen atoms in total. The van der Waals surface area contributed by atoms with Crippen molar-refractivity contribution in [2.45, 2.75) is 19.4 Å². The molecule has 0 aliphatic carbocycles. The van der Waals surface area contributed by atoms with E-state index in [1.54, 1.807) is 0 Å². The van der Waals surface area contributed by atoms with Crippen molar-refractivity contribution in [3.05, 3.63) is 11.8 Å². The molecule has 0 spiro atoms. The van der Waals surface area contributed by atoms with Crippen LogP contribution in [-0.4, -0.2) is 24.5 Å². The van der Waals surface area contributed by atoms with Crippen molar-refractivity contribution in [2.75, 3.05) is 13.1 Å². The molecule has 0 fully saturated rings. The quantitative estimate of drug-likeness (QED) is 0.750. The number of halogens is 1. The molecule has 1 N–H and O–H groups in total. The lowest BCUT2D eigenvalue weighted by atomic mass is 10.0. The van der Waals surface area contributed by atoms with Gasteiger partial charge in [-0.15, -0.1) is 17.0 Å². The number of nitrogens with zero attached hydrogens (tertiary/aromatic N) is 3. The second-order valence-electron chi connectivity index (χ2n) is 3.29. The Morgan fingerprint density at radius 3 is 2.77 bits per heavy atom. The van der Waals surface area contributed by atoms with E-state index in [0.717, 1.165) is 24.6 Å². The first-order chi connectivity index (χ1) is 5.71. The standard InChI is InChI=1S/C8H12N4.BrH/c1-6-5-8(2,12-11-6)7-9-3-4-10-7;/h5H,3-4H2,1-2H3,(H,9,10);1H. The van der Waals surface area contributed by atoms with Gasteiger partial charge < -0.3 is 5.32 Å². The summed E-state index contributed by atoms with van der Waals surface area (Å²) in [5, 5.41) is 11.4. The second kappa shape index (κ2) is 3.57. The summed E-state index contributed by atoms with van der Waals surface area (Å²) in [6, 6.07) is 0. The molecule has 0 bridgehead atoms. The minimum atomic E-state index is -0.319. The van der Waals surface area contributed by atoms with E-state index in [-0.39, 0.29) is 22.5 Å². The molecule has 5 heteroatoms. The van der Waals surface area contributed by atoms with Crippen LogP contribution in [0, 0.1) is 0 Å². The summed E-state index contributed by atoms with van der Waals surface area (Å²) in [6.07, 6.45) is 2.03. The molecule has 2 aliphatic rings. The van der Waals surface area contributed by atoms with Gasteiger partial charge in [-0.05, 0) is 19.9 Å². The van der Waals surface area contributed by atoms with Gasteiger partial charge in [0, 0.05) is 6.54 Å². The Balaban J connectivity index is 0.000000845. The van der Waals surface area contributed by atoms with Crippen molar-refractivity contribution < 1.29 is 0 Å². The predicted molar refractivity (Wildman–Crippen MR) is 57.6 cm³/mol. The second-order valence-corrected chi connectivity index (χ2v) is 3.29. The van der Waals surface area contributed by atoms with Crippen molar-refractivity contribution in [2.24, 2.45) is 15.2 Å². The van der Waals surface area contributed by atoms with Gasteiger partial charge in [0.25, 0.3) is 0 Å². The fourth-order valence-corrected chi connectivity index (χ4v) is 1.50. The molecule has 0 aromatic carbocycles. The van der Waals surface area contributed by atoms with Crippen molar-refractivity contribution >= 4 is 22.8 Å². The van der Waals surface area contributed by atoms with Gasteiger partial charge in [-0.2, -0.15) is 10.2 Å². The smallest absolute Gasteiger partial charge is 0.156 e. The number of aliphatic imine (C=N–C) groups is 1. The molecular weight excluding hydrogens is 232 g/mol. The highest BCUT2D eigenvalue weighted by atomic mass is 79.9. The van der Waals surface area contributed by atoms with Gasteiger partial charge in [-0.3, -0.25) is 4.99 Å². The van der Waals surface area contributed by atoms with Gasteiger partial charge in [-0.25, -0.2) is 0 Å². The summed E-state index contributed by atoms with van der Waals surface area (Å²) in [4.78, 5) is 4.33. The number of amidine groups is 1. The summed E-state index contributed by atoms with van der Waals surface area (Å²) in [7, 11) is 0. The summed E-state index contributed by atoms with van der Waals surface area (Å²) in [5.41, 5.74) is 0.648. The molecule has 0 radical (unpaired) electrons. The molecule has 2 rings (SSSR count). The molecule has 0 saturated heterocycles. The highest BCUT2D eigenvalue weighted by Gasteiger charge is 2.33. The van der Waals surface area contributed by atoms with E-state index in [1.807, 2.05) is 19.9 Å². The van der Waals surface area contributed by atoms with Crippen LogP contribution in [0.2, 0.25) is 0 Å². The molecule has 1 atom stereocenters. The Morgan fingerprint density at radius 1 is 1.54 bits per heavy atom. The van der Waals surface area contributed by atoms with Crippen LogP contribution in [0.15, 0.2) is 27.0 Å². The number of hydrogen-bond donors (Lipinski definition) is 1. The summed E-state index contributed by atoms with van der Waals surface area (Å²) in [6.45, 7) is 5.75. The first kappa shape index (κ1) is 10.4. The number of allylic oxidation sites excluding steroid dienone is 1. The van der Waals surface area contributed by atoms with Crippen LogP contribution in [-0.2, 0) is 0 Å². The van der Waals surface area contributed by atoms with Gasteiger partial charge in [-0.1, -0.05) is 0 Å². The number of hydrogen-bond acceptors (Lipinski definition) is 4. The third-order valence-corrected chi connectivity index (χ3v) is 2.06. The van der Waals surface area contributed by atoms with E-state index < -0.39 is 0 Å². The third kappa shape index (κ3) is 1.80. The largest absolute Gasteiger partial charge is 0.370 e. The molecule has 1 unspecified atom stereocenters. The fraction of sp³-hybridized carbons (Fsp3) is 0.625. The lowest BCUT2D eigenvalue weighted by Gasteiger charge is -2.16. The molecule has 0 saturated carbocycles. The SMILES string of the molecule is Br.CC1=CC(C)(C2=NCCN2)N=N1. The van der Waals surface area contributed by atoms with Crippen LogP contribution in [0.1, 0.15) is 13.8 Å². The van der Waals surface area contributed by atoms with E-state index >= 15 is 0 Å². The Morgan fingerprint density at radius 2 is 2.31 bits per heavy atom. The van der Waals surface area contributed by atoms with Crippen LogP contribution in [0.3, 0.4) is 0 Å². The lowest BCUT2D eigenvalue weighted by molar-refractivity contribution is 0.740. The number of nitrogens with one attached hydrogen (secondary N) is 1. The zero-order valence-corrected chi connectivity index (χ0v) is 9.45. The molecule has 2 heterocycles. The Bertz CT molecular complexity index is 295. The minimum Gasteiger partial charge on any atom is -0.370 e. The Kier molecular flexibility index (Phi) is 2.85. The van der Waals surface area contributed by atoms with E-state index in [9.17, 15) is 0 Å². The van der Waals surface area contributed by atoms with Gasteiger partial charge in [0.1, 0.15) is 5.84 Å². The predicted octanol–water partition coefficient (Wildman–Crippen LogP) is 1.69. The Hall–Kier alpha value is -0.710. The summed E-state index contributed by atoms with van der Waals surface area (Å²) < 4.78 is 0. The first-order valence-corrected chi connectivity index (χ1v) is 4.12. The van der Waals surface area contributed by atoms with E-state index in [1.165, 1.54) is 0 Å². The molecule has 2 aliphatic heterocycles. The average Bonchev–Trinajstić information content (AvgIpc) is 2.59. The number of azo groups is 1. The first-order valence-electron chi connectivity index (χ1n) is 4.12. The summed E-state index contributed by atoms with van der Waals surface area (Å²) in [5.74, 6) is 0.947. The van der Waals surface area contributed by atoms with Crippen LogP contribution in [0.25, 0.3) is 0 Å². The van der Waals surface area contributed by atoms with Crippen molar-refractivity contribution in [1.29, 1.82) is 0 Å². The molecule has 13 heavy (non-hydrogen) atoms. The highest BCUT2D eigenvalue weighted by Crippen LogP contribution is 2.24. The van der Waals surface area contributed by atoms with Gasteiger partial charge in [0.2, 0.25) is 0 Å². The lowest BCUT2D eigenvalue weighted by Crippen LogP contribution is -2.38. The van der Waals surface area contributed by atoms with Gasteiger partial charge in [0.05, 0.1) is 12.2 Å². The maximum absolute atomic E-state index is 4.33. The van der Waals surface area contributed by atoms with Crippen LogP contribution in [0.4, 0.5) is 0 Å². The molecule has 0 aromatic rings. The highest BCUT2D eigenvalue weighted by molar-refractivity contribution is 8.93. The maximum Gasteiger partial charge on any atom is 0.156 e. The molecular formula is C8H13BrN4. The van der Waals surface area contributed by atoms with E-state index in [0.29, 0.717) is 0 Å². The van der Waals surface area contributed by atoms with Gasteiger partial charge >= 0.3 is 0 Å². The number of rotatable bonds is 1. The zero-order valence-electron chi connectivity index (χ0n) is 7.74. The van der Waals surface area contributed by atoms with Crippen molar-refractivity contribution in [1.82, 2.24) is 5.32 Å². The Labute approximate surface area is 88.0 Å². The normalized spacial score (nSPS) is 30.6. The van der Waals surface area contributed by atoms with Crippen LogP contribution >= 0.6 is 17.0 Å². The van der Waals surface area contributed by atoms with E-state index in [4.69, 9.17) is 0 Å². The fourth-order valence-electron chi connectivity index (χ4n) is 1.50. The minimum absolute atomic E-state index is 0. The molecule has 72 valence electrons. The third-order valence-electron chi connectivity index (χ3n) is 2.06. The molecule has 0 amide bonds. The zero-order chi connectivity index (χ0) is 8.60. The monoisotopic (exact) mass is 244 g/mol. The topological polar surface area (TPSA) is 49.1 Å². The maximum atomic E-state index is 4.33. The van der Waals surface area contributed by atoms with Crippen molar-refractivity contribution in [3.63, 3.8) is 0 Å². The van der Waals surface area contributed by atoms with Crippen LogP contribution in [0.5, 0.6) is 0 Å². The van der Waals surface area contributed by atoms with Crippen molar-refractivity contribution in [3.8, 4) is 0 Å². The molecule has 0 aromatic heterocycles. The van der Waals surface area contributed by atoms with E-state index in [2.05, 4.69) is 20.5 Å². The van der Waals surface area contributed by atoms with Crippen LogP contribution < -0.4 is 5.32 Å².